The summed E-state index contributed by atoms with van der Waals surface area (Å²) in [6.45, 7) is 7.00. The molecule has 2 rings (SSSR count). The van der Waals surface area contributed by atoms with Gasteiger partial charge in [0, 0.05) is 17.6 Å². The first-order valence-electron chi connectivity index (χ1n) is 10.9. The zero-order valence-corrected chi connectivity index (χ0v) is 22.3. The number of aryl methyl sites for hydroxylation is 1. The Kier molecular flexibility index (Phi) is 9.79. The predicted octanol–water partition coefficient (Wildman–Crippen LogP) is 4.40. The average Bonchev–Trinajstić information content (AvgIpc) is 2.77. The number of sulfonamides is 1. The Bertz CT molecular complexity index is 1120. The maximum absolute atomic E-state index is 13.5. The Labute approximate surface area is 212 Å². The van der Waals surface area contributed by atoms with E-state index in [0.717, 1.165) is 28.1 Å². The van der Waals surface area contributed by atoms with Crippen LogP contribution in [-0.2, 0) is 26.2 Å². The van der Waals surface area contributed by atoms with Gasteiger partial charge in [-0.2, -0.15) is 0 Å². The van der Waals surface area contributed by atoms with Crippen molar-refractivity contribution < 1.29 is 18.0 Å². The van der Waals surface area contributed by atoms with Crippen LogP contribution in [0.25, 0.3) is 0 Å². The topological polar surface area (TPSA) is 86.8 Å². The zero-order valence-electron chi connectivity index (χ0n) is 20.0. The molecule has 34 heavy (non-hydrogen) atoms. The lowest BCUT2D eigenvalue weighted by atomic mass is 10.1. The SMILES string of the molecule is CCC(C)NC(=O)C(C)N(Cc1ccc(C)cc1)C(=O)CN(c1cc(Cl)ccc1Cl)S(C)(=O)=O. The predicted molar refractivity (Wildman–Crippen MR) is 138 cm³/mol. The highest BCUT2D eigenvalue weighted by Gasteiger charge is 2.31. The van der Waals surface area contributed by atoms with E-state index >= 15 is 0 Å². The van der Waals surface area contributed by atoms with Crippen LogP contribution in [0, 0.1) is 6.92 Å². The van der Waals surface area contributed by atoms with Crippen LogP contribution in [-0.4, -0.2) is 50.0 Å². The minimum Gasteiger partial charge on any atom is -0.352 e. The first-order valence-corrected chi connectivity index (χ1v) is 13.5. The lowest BCUT2D eigenvalue weighted by molar-refractivity contribution is -0.139. The summed E-state index contributed by atoms with van der Waals surface area (Å²) in [5.74, 6) is -0.865. The molecule has 2 unspecified atom stereocenters. The minimum absolute atomic E-state index is 0.0657. The minimum atomic E-state index is -3.89. The standard InChI is InChI=1S/C24H31Cl2N3O4S/c1-6-17(3)27-24(31)18(4)28(14-19-9-7-16(2)8-10-19)23(30)15-29(34(5,32)33)22-13-20(25)11-12-21(22)26/h7-13,17-18H,6,14-15H2,1-5H3,(H,27,31). The van der Waals surface area contributed by atoms with Crippen molar-refractivity contribution in [1.82, 2.24) is 10.2 Å². The second-order valence-corrected chi connectivity index (χ2v) is 11.1. The highest BCUT2D eigenvalue weighted by atomic mass is 35.5. The van der Waals surface area contributed by atoms with E-state index in [4.69, 9.17) is 23.2 Å². The number of benzene rings is 2. The van der Waals surface area contributed by atoms with Crippen molar-refractivity contribution in [2.45, 2.75) is 52.7 Å². The van der Waals surface area contributed by atoms with E-state index < -0.39 is 28.5 Å². The van der Waals surface area contributed by atoms with E-state index in [1.165, 1.54) is 23.1 Å². The second kappa shape index (κ2) is 11.9. The number of hydrogen-bond donors (Lipinski definition) is 1. The molecule has 0 saturated carbocycles. The van der Waals surface area contributed by atoms with Crippen molar-refractivity contribution in [3.8, 4) is 0 Å². The van der Waals surface area contributed by atoms with Gasteiger partial charge < -0.3 is 10.2 Å². The molecule has 2 atom stereocenters. The maximum Gasteiger partial charge on any atom is 0.244 e. The van der Waals surface area contributed by atoms with E-state index in [1.807, 2.05) is 45.0 Å². The van der Waals surface area contributed by atoms with Gasteiger partial charge in [-0.15, -0.1) is 0 Å². The van der Waals surface area contributed by atoms with Gasteiger partial charge in [0.05, 0.1) is 17.0 Å². The van der Waals surface area contributed by atoms with Gasteiger partial charge in [0.15, 0.2) is 0 Å². The van der Waals surface area contributed by atoms with E-state index in [9.17, 15) is 18.0 Å². The molecule has 0 aliphatic carbocycles. The number of anilines is 1. The first-order chi connectivity index (χ1) is 15.8. The normalized spacial score (nSPS) is 13.1. The molecule has 10 heteroatoms. The molecular formula is C24H31Cl2N3O4S. The molecular weight excluding hydrogens is 497 g/mol. The van der Waals surface area contributed by atoms with Gasteiger partial charge in [0.1, 0.15) is 12.6 Å². The Balaban J connectivity index is 2.42. The largest absolute Gasteiger partial charge is 0.352 e. The molecule has 1 N–H and O–H groups in total. The maximum atomic E-state index is 13.5. The molecule has 2 aromatic carbocycles. The van der Waals surface area contributed by atoms with Crippen LogP contribution in [0.1, 0.15) is 38.3 Å². The highest BCUT2D eigenvalue weighted by Crippen LogP contribution is 2.31. The Hall–Kier alpha value is -2.29. The van der Waals surface area contributed by atoms with Crippen LogP contribution in [0.3, 0.4) is 0 Å². The van der Waals surface area contributed by atoms with Crippen molar-refractivity contribution in [2.24, 2.45) is 0 Å². The fourth-order valence-corrected chi connectivity index (χ4v) is 4.50. The third-order valence-electron chi connectivity index (χ3n) is 5.50. The average molecular weight is 529 g/mol. The van der Waals surface area contributed by atoms with Crippen LogP contribution < -0.4 is 9.62 Å². The van der Waals surface area contributed by atoms with Crippen LogP contribution in [0.5, 0.6) is 0 Å². The van der Waals surface area contributed by atoms with Crippen LogP contribution in [0.2, 0.25) is 10.0 Å². The number of nitrogens with one attached hydrogen (secondary N) is 1. The van der Waals surface area contributed by atoms with Crippen LogP contribution >= 0.6 is 23.2 Å². The summed E-state index contributed by atoms with van der Waals surface area (Å²) in [4.78, 5) is 27.8. The molecule has 0 aliphatic heterocycles. The summed E-state index contributed by atoms with van der Waals surface area (Å²) in [6, 6.07) is 11.1. The lowest BCUT2D eigenvalue weighted by Gasteiger charge is -2.32. The zero-order chi connectivity index (χ0) is 25.6. The van der Waals surface area contributed by atoms with Crippen molar-refractivity contribution in [3.05, 3.63) is 63.6 Å². The van der Waals surface area contributed by atoms with E-state index in [0.29, 0.717) is 0 Å². The number of carbonyl (C=O) groups excluding carboxylic acids is 2. The Morgan fingerprint density at radius 1 is 1.06 bits per heavy atom. The Morgan fingerprint density at radius 2 is 1.68 bits per heavy atom. The molecule has 0 radical (unpaired) electrons. The summed E-state index contributed by atoms with van der Waals surface area (Å²) < 4.78 is 26.1. The van der Waals surface area contributed by atoms with Gasteiger partial charge in [-0.1, -0.05) is 60.0 Å². The molecule has 2 aromatic rings. The summed E-state index contributed by atoms with van der Waals surface area (Å²) in [5, 5.41) is 3.30. The van der Waals surface area contributed by atoms with Gasteiger partial charge in [-0.05, 0) is 51.0 Å². The second-order valence-electron chi connectivity index (χ2n) is 8.37. The van der Waals surface area contributed by atoms with Crippen molar-refractivity contribution in [2.75, 3.05) is 17.1 Å². The van der Waals surface area contributed by atoms with Gasteiger partial charge in [-0.25, -0.2) is 8.42 Å². The molecule has 0 bridgehead atoms. The summed E-state index contributed by atoms with van der Waals surface area (Å²) in [7, 11) is -3.89. The number of hydrogen-bond acceptors (Lipinski definition) is 4. The van der Waals surface area contributed by atoms with Gasteiger partial charge in [0.2, 0.25) is 21.8 Å². The van der Waals surface area contributed by atoms with Gasteiger partial charge in [-0.3, -0.25) is 13.9 Å². The number of halogens is 2. The molecule has 0 heterocycles. The van der Waals surface area contributed by atoms with Crippen molar-refractivity contribution in [1.29, 1.82) is 0 Å². The van der Waals surface area contributed by atoms with Gasteiger partial charge in [0.25, 0.3) is 0 Å². The van der Waals surface area contributed by atoms with Crippen molar-refractivity contribution in [3.63, 3.8) is 0 Å². The molecule has 186 valence electrons. The molecule has 2 amide bonds. The monoisotopic (exact) mass is 527 g/mol. The molecule has 0 spiro atoms. The summed E-state index contributed by atoms with van der Waals surface area (Å²) in [5.41, 5.74) is 1.97. The lowest BCUT2D eigenvalue weighted by Crippen LogP contribution is -2.52. The first kappa shape index (κ1) is 28.0. The molecule has 0 aromatic heterocycles. The molecule has 0 fully saturated rings. The van der Waals surface area contributed by atoms with E-state index in [1.54, 1.807) is 6.92 Å². The van der Waals surface area contributed by atoms with Crippen molar-refractivity contribution >= 4 is 50.7 Å². The van der Waals surface area contributed by atoms with Crippen LogP contribution in [0.4, 0.5) is 5.69 Å². The summed E-state index contributed by atoms with van der Waals surface area (Å²) in [6.07, 6.45) is 1.72. The van der Waals surface area contributed by atoms with E-state index in [2.05, 4.69) is 5.32 Å². The van der Waals surface area contributed by atoms with Gasteiger partial charge >= 0.3 is 0 Å². The van der Waals surface area contributed by atoms with Crippen LogP contribution in [0.15, 0.2) is 42.5 Å². The fourth-order valence-electron chi connectivity index (χ4n) is 3.21. The third kappa shape index (κ3) is 7.61. The highest BCUT2D eigenvalue weighted by molar-refractivity contribution is 7.92. The number of amides is 2. The molecule has 7 nitrogen and oxygen atoms in total. The van der Waals surface area contributed by atoms with E-state index in [-0.39, 0.29) is 34.2 Å². The number of nitrogens with zero attached hydrogens (tertiary/aromatic N) is 2. The Morgan fingerprint density at radius 3 is 2.24 bits per heavy atom. The number of rotatable bonds is 10. The quantitative estimate of drug-likeness (QED) is 0.495. The molecule has 0 saturated heterocycles. The third-order valence-corrected chi connectivity index (χ3v) is 7.18. The number of carbonyl (C=O) groups is 2. The smallest absolute Gasteiger partial charge is 0.244 e. The molecule has 0 aliphatic rings. The fraction of sp³-hybridized carbons (Fsp3) is 0.417. The summed E-state index contributed by atoms with van der Waals surface area (Å²) >= 11 is 12.3.